The highest BCUT2D eigenvalue weighted by molar-refractivity contribution is 5.79. The maximum Gasteiger partial charge on any atom is 0.220 e. The van der Waals surface area contributed by atoms with Gasteiger partial charge >= 0.3 is 0 Å². The summed E-state index contributed by atoms with van der Waals surface area (Å²) in [4.78, 5) is 16.3. The molecular weight excluding hydrogens is 328 g/mol. The zero-order valence-electron chi connectivity index (χ0n) is 14.6. The van der Waals surface area contributed by atoms with Gasteiger partial charge in [-0.1, -0.05) is 35.9 Å². The zero-order chi connectivity index (χ0) is 17.9. The van der Waals surface area contributed by atoms with Crippen molar-refractivity contribution in [1.82, 2.24) is 20.1 Å². The molecule has 6 heteroatoms. The van der Waals surface area contributed by atoms with Crippen molar-refractivity contribution in [3.63, 3.8) is 0 Å². The lowest BCUT2D eigenvalue weighted by molar-refractivity contribution is -0.119. The van der Waals surface area contributed by atoms with E-state index in [1.165, 1.54) is 5.56 Å². The number of aromatic nitrogens is 3. The van der Waals surface area contributed by atoms with Crippen molar-refractivity contribution < 1.29 is 9.53 Å². The largest absolute Gasteiger partial charge is 0.486 e. The second-order valence-corrected chi connectivity index (χ2v) is 6.44. The van der Waals surface area contributed by atoms with Crippen LogP contribution in [0.25, 0.3) is 5.69 Å². The fourth-order valence-electron chi connectivity index (χ4n) is 3.02. The number of carbonyl (C=O) groups excluding carboxylic acids is 1. The van der Waals surface area contributed by atoms with Gasteiger partial charge in [0.1, 0.15) is 18.2 Å². The van der Waals surface area contributed by atoms with Crippen molar-refractivity contribution >= 4 is 5.91 Å². The van der Waals surface area contributed by atoms with Crippen molar-refractivity contribution in [2.75, 3.05) is 6.54 Å². The van der Waals surface area contributed by atoms with E-state index in [1.807, 2.05) is 66.2 Å². The van der Waals surface area contributed by atoms with E-state index in [0.717, 1.165) is 17.3 Å². The van der Waals surface area contributed by atoms with E-state index < -0.39 is 0 Å². The first kappa shape index (κ1) is 16.3. The monoisotopic (exact) mass is 348 g/mol. The summed E-state index contributed by atoms with van der Waals surface area (Å²) in [5, 5.41) is 7.51. The van der Waals surface area contributed by atoms with Crippen molar-refractivity contribution in [3.8, 4) is 11.4 Å². The SMILES string of the molecule is Cc1ccc(-n2nc(COc3ccccc3)nc2[C@H]2CNC(=O)C2)cc1. The molecule has 1 atom stereocenters. The van der Waals surface area contributed by atoms with Gasteiger partial charge in [0.25, 0.3) is 0 Å². The quantitative estimate of drug-likeness (QED) is 0.770. The highest BCUT2D eigenvalue weighted by Gasteiger charge is 2.28. The van der Waals surface area contributed by atoms with Crippen LogP contribution in [0.15, 0.2) is 54.6 Å². The van der Waals surface area contributed by atoms with Crippen LogP contribution >= 0.6 is 0 Å². The molecule has 0 unspecified atom stereocenters. The molecule has 1 aliphatic rings. The van der Waals surface area contributed by atoms with Crippen molar-refractivity contribution in [2.24, 2.45) is 0 Å². The fourth-order valence-corrected chi connectivity index (χ4v) is 3.02. The van der Waals surface area contributed by atoms with E-state index in [4.69, 9.17) is 4.74 Å². The Kier molecular flexibility index (Phi) is 4.39. The predicted molar refractivity (Wildman–Crippen MR) is 97.2 cm³/mol. The Hall–Kier alpha value is -3.15. The zero-order valence-corrected chi connectivity index (χ0v) is 14.6. The van der Waals surface area contributed by atoms with Crippen molar-refractivity contribution in [2.45, 2.75) is 25.9 Å². The Morgan fingerprint density at radius 2 is 1.92 bits per heavy atom. The lowest BCUT2D eigenvalue weighted by Crippen LogP contribution is -2.15. The lowest BCUT2D eigenvalue weighted by atomic mass is 10.1. The number of hydrogen-bond donors (Lipinski definition) is 1. The summed E-state index contributed by atoms with van der Waals surface area (Å²) >= 11 is 0. The Morgan fingerprint density at radius 3 is 2.62 bits per heavy atom. The minimum Gasteiger partial charge on any atom is -0.486 e. The molecular formula is C20H20N4O2. The molecule has 0 aliphatic carbocycles. The smallest absolute Gasteiger partial charge is 0.220 e. The summed E-state index contributed by atoms with van der Waals surface area (Å²) in [5.74, 6) is 2.23. The molecule has 6 nitrogen and oxygen atoms in total. The van der Waals surface area contributed by atoms with Crippen LogP contribution in [0.5, 0.6) is 5.75 Å². The number of nitrogens with one attached hydrogen (secondary N) is 1. The van der Waals surface area contributed by atoms with Gasteiger partial charge in [0.05, 0.1) is 5.69 Å². The summed E-state index contributed by atoms with van der Waals surface area (Å²) < 4.78 is 7.61. The Labute approximate surface area is 151 Å². The van der Waals surface area contributed by atoms with Crippen LogP contribution in [0, 0.1) is 6.92 Å². The standard InChI is InChI=1S/C20H20N4O2/c1-14-7-9-16(10-8-14)24-20(15-11-19(25)21-12-15)22-18(23-24)13-26-17-5-3-2-4-6-17/h2-10,15H,11-13H2,1H3,(H,21,25)/t15-/m1/s1. The number of benzene rings is 2. The third kappa shape index (κ3) is 3.44. The molecule has 3 aromatic rings. The van der Waals surface area contributed by atoms with Gasteiger partial charge in [-0.2, -0.15) is 0 Å². The van der Waals surface area contributed by atoms with Gasteiger partial charge in [0.15, 0.2) is 5.82 Å². The van der Waals surface area contributed by atoms with Crippen LogP contribution < -0.4 is 10.1 Å². The van der Waals surface area contributed by atoms with Crippen LogP contribution in [0.4, 0.5) is 0 Å². The van der Waals surface area contributed by atoms with E-state index in [0.29, 0.717) is 18.8 Å². The molecule has 1 amide bonds. The number of carbonyl (C=O) groups is 1. The number of hydrogen-bond acceptors (Lipinski definition) is 4. The molecule has 4 rings (SSSR count). The van der Waals surface area contributed by atoms with Gasteiger partial charge in [-0.05, 0) is 31.2 Å². The number of amides is 1. The molecule has 1 aromatic heterocycles. The van der Waals surface area contributed by atoms with Crippen LogP contribution in [-0.4, -0.2) is 27.2 Å². The number of aryl methyl sites for hydroxylation is 1. The molecule has 0 bridgehead atoms. The molecule has 1 aliphatic heterocycles. The Bertz CT molecular complexity index is 903. The Morgan fingerprint density at radius 1 is 1.15 bits per heavy atom. The third-order valence-corrected chi connectivity index (χ3v) is 4.41. The number of ether oxygens (including phenoxy) is 1. The van der Waals surface area contributed by atoms with Gasteiger partial charge in [0, 0.05) is 18.9 Å². The third-order valence-electron chi connectivity index (χ3n) is 4.41. The molecule has 132 valence electrons. The molecule has 1 fully saturated rings. The first-order chi connectivity index (χ1) is 12.7. The normalized spacial score (nSPS) is 16.5. The molecule has 2 heterocycles. The summed E-state index contributed by atoms with van der Waals surface area (Å²) in [5.41, 5.74) is 2.11. The summed E-state index contributed by atoms with van der Waals surface area (Å²) in [6, 6.07) is 17.7. The minimum absolute atomic E-state index is 0.0155. The molecule has 0 radical (unpaired) electrons. The number of rotatable bonds is 5. The molecule has 26 heavy (non-hydrogen) atoms. The lowest BCUT2D eigenvalue weighted by Gasteiger charge is -2.09. The van der Waals surface area contributed by atoms with Gasteiger partial charge in [-0.15, -0.1) is 5.10 Å². The maximum atomic E-state index is 11.6. The molecule has 1 saturated heterocycles. The first-order valence-corrected chi connectivity index (χ1v) is 8.66. The molecule has 2 aromatic carbocycles. The van der Waals surface area contributed by atoms with Gasteiger partial charge in [-0.25, -0.2) is 9.67 Å². The van der Waals surface area contributed by atoms with E-state index in [-0.39, 0.29) is 18.4 Å². The molecule has 1 N–H and O–H groups in total. The van der Waals surface area contributed by atoms with Gasteiger partial charge in [0.2, 0.25) is 5.91 Å². The fraction of sp³-hybridized carbons (Fsp3) is 0.250. The topological polar surface area (TPSA) is 69.0 Å². The van der Waals surface area contributed by atoms with Crippen molar-refractivity contribution in [1.29, 1.82) is 0 Å². The van der Waals surface area contributed by atoms with E-state index in [2.05, 4.69) is 15.4 Å². The second-order valence-electron chi connectivity index (χ2n) is 6.44. The van der Waals surface area contributed by atoms with E-state index >= 15 is 0 Å². The highest BCUT2D eigenvalue weighted by Crippen LogP contribution is 2.24. The van der Waals surface area contributed by atoms with Crippen LogP contribution in [0.1, 0.15) is 29.6 Å². The van der Waals surface area contributed by atoms with Gasteiger partial charge < -0.3 is 10.1 Å². The van der Waals surface area contributed by atoms with Crippen LogP contribution in [0.3, 0.4) is 0 Å². The van der Waals surface area contributed by atoms with Crippen molar-refractivity contribution in [3.05, 3.63) is 71.8 Å². The average molecular weight is 348 g/mol. The summed E-state index contributed by atoms with van der Waals surface area (Å²) in [6.45, 7) is 2.91. The van der Waals surface area contributed by atoms with E-state index in [1.54, 1.807) is 0 Å². The second kappa shape index (κ2) is 7.00. The highest BCUT2D eigenvalue weighted by atomic mass is 16.5. The molecule has 0 saturated carbocycles. The minimum atomic E-state index is 0.0155. The van der Waals surface area contributed by atoms with Gasteiger partial charge in [-0.3, -0.25) is 4.79 Å². The maximum absolute atomic E-state index is 11.6. The number of para-hydroxylation sites is 1. The van der Waals surface area contributed by atoms with Crippen LogP contribution in [0.2, 0.25) is 0 Å². The summed E-state index contributed by atoms with van der Waals surface area (Å²) in [6.07, 6.45) is 0.434. The summed E-state index contributed by atoms with van der Waals surface area (Å²) in [7, 11) is 0. The molecule has 0 spiro atoms. The predicted octanol–water partition coefficient (Wildman–Crippen LogP) is 2.76. The average Bonchev–Trinajstić information content (AvgIpc) is 3.28. The van der Waals surface area contributed by atoms with E-state index in [9.17, 15) is 4.79 Å². The first-order valence-electron chi connectivity index (χ1n) is 8.66. The van der Waals surface area contributed by atoms with Crippen LogP contribution in [-0.2, 0) is 11.4 Å². The Balaban J connectivity index is 1.63. The number of nitrogens with zero attached hydrogens (tertiary/aromatic N) is 3.